The molecule has 0 saturated carbocycles. The summed E-state index contributed by atoms with van der Waals surface area (Å²) in [7, 11) is 0. The molecule has 4 nitrogen and oxygen atoms in total. The summed E-state index contributed by atoms with van der Waals surface area (Å²) in [5.41, 5.74) is 3.23. The Morgan fingerprint density at radius 2 is 1.81 bits per heavy atom. The number of ketones is 1. The molecule has 0 aromatic heterocycles. The van der Waals surface area contributed by atoms with Crippen molar-refractivity contribution < 1.29 is 14.0 Å². The van der Waals surface area contributed by atoms with E-state index in [0.29, 0.717) is 34.7 Å². The van der Waals surface area contributed by atoms with E-state index in [0.717, 1.165) is 11.3 Å². The third kappa shape index (κ3) is 4.15. The number of anilines is 1. The summed E-state index contributed by atoms with van der Waals surface area (Å²) in [6.45, 7) is 5.94. The average Bonchev–Trinajstić information content (AvgIpc) is 2.68. The monoisotopic (exact) mass is 438 g/mol. The zero-order valence-corrected chi connectivity index (χ0v) is 18.4. The van der Waals surface area contributed by atoms with E-state index in [4.69, 9.17) is 11.6 Å². The predicted octanol–water partition coefficient (Wildman–Crippen LogP) is 5.72. The zero-order chi connectivity index (χ0) is 22.3. The highest BCUT2D eigenvalue weighted by atomic mass is 35.5. The van der Waals surface area contributed by atoms with Gasteiger partial charge in [-0.3, -0.25) is 9.59 Å². The highest BCUT2D eigenvalue weighted by Crippen LogP contribution is 2.46. The molecule has 2 aliphatic rings. The topological polar surface area (TPSA) is 58.2 Å². The number of dihydropyridines is 1. The maximum Gasteiger partial charge on any atom is 0.254 e. The molecule has 1 amide bonds. The summed E-state index contributed by atoms with van der Waals surface area (Å²) >= 11 is 6.08. The Balaban J connectivity index is 1.81. The molecule has 1 aliphatic carbocycles. The summed E-state index contributed by atoms with van der Waals surface area (Å²) in [6, 6.07) is 13.2. The van der Waals surface area contributed by atoms with Gasteiger partial charge in [0.1, 0.15) is 5.82 Å². The van der Waals surface area contributed by atoms with Crippen molar-refractivity contribution in [2.24, 2.45) is 5.41 Å². The van der Waals surface area contributed by atoms with Crippen molar-refractivity contribution in [2.45, 2.75) is 39.5 Å². The van der Waals surface area contributed by atoms with E-state index in [-0.39, 0.29) is 16.9 Å². The fourth-order valence-electron chi connectivity index (χ4n) is 4.48. The molecule has 0 unspecified atom stereocenters. The molecule has 31 heavy (non-hydrogen) atoms. The number of nitrogens with one attached hydrogen (secondary N) is 2. The van der Waals surface area contributed by atoms with Gasteiger partial charge in [0.15, 0.2) is 5.78 Å². The molecule has 2 N–H and O–H groups in total. The first-order valence-electron chi connectivity index (χ1n) is 10.2. The number of rotatable bonds is 3. The number of hydrogen-bond donors (Lipinski definition) is 2. The third-order valence-corrected chi connectivity index (χ3v) is 6.06. The van der Waals surface area contributed by atoms with E-state index < -0.39 is 17.6 Å². The van der Waals surface area contributed by atoms with Crippen molar-refractivity contribution in [3.63, 3.8) is 0 Å². The summed E-state index contributed by atoms with van der Waals surface area (Å²) in [6.07, 6.45) is 1.11. The molecule has 0 fully saturated rings. The van der Waals surface area contributed by atoms with Crippen LogP contribution in [0.25, 0.3) is 0 Å². The lowest BCUT2D eigenvalue weighted by Gasteiger charge is -2.39. The fourth-order valence-corrected chi connectivity index (χ4v) is 4.60. The summed E-state index contributed by atoms with van der Waals surface area (Å²) in [5, 5.41) is 6.55. The molecule has 0 saturated heterocycles. The Morgan fingerprint density at radius 1 is 1.13 bits per heavy atom. The first kappa shape index (κ1) is 21.3. The Kier molecular flexibility index (Phi) is 5.48. The number of allylic oxidation sites excluding steroid dienone is 3. The Hall–Kier alpha value is -2.92. The van der Waals surface area contributed by atoms with Crippen molar-refractivity contribution >= 4 is 29.0 Å². The molecule has 6 heteroatoms. The lowest BCUT2D eigenvalue weighted by Crippen LogP contribution is -2.39. The van der Waals surface area contributed by atoms with Gasteiger partial charge in [-0.2, -0.15) is 0 Å². The van der Waals surface area contributed by atoms with Gasteiger partial charge in [-0.25, -0.2) is 4.39 Å². The summed E-state index contributed by atoms with van der Waals surface area (Å²) in [4.78, 5) is 26.6. The van der Waals surface area contributed by atoms with Gasteiger partial charge >= 0.3 is 0 Å². The van der Waals surface area contributed by atoms with Crippen molar-refractivity contribution in [3.05, 3.63) is 87.5 Å². The van der Waals surface area contributed by atoms with Gasteiger partial charge in [-0.1, -0.05) is 49.7 Å². The third-order valence-electron chi connectivity index (χ3n) is 5.81. The molecular weight excluding hydrogens is 415 g/mol. The fraction of sp³-hybridized carbons (Fsp3) is 0.280. The average molecular weight is 439 g/mol. The van der Waals surface area contributed by atoms with Gasteiger partial charge in [0.05, 0.1) is 5.69 Å². The van der Waals surface area contributed by atoms with Crippen LogP contribution in [0.5, 0.6) is 0 Å². The molecular formula is C25H24ClFN2O2. The first-order valence-corrected chi connectivity index (χ1v) is 10.6. The lowest BCUT2D eigenvalue weighted by molar-refractivity contribution is -0.118. The van der Waals surface area contributed by atoms with Crippen LogP contribution >= 0.6 is 11.6 Å². The number of para-hydroxylation sites is 1. The summed E-state index contributed by atoms with van der Waals surface area (Å²) in [5.74, 6) is -1.50. The number of hydrogen-bond acceptors (Lipinski definition) is 3. The molecule has 1 aliphatic heterocycles. The van der Waals surface area contributed by atoms with Crippen LogP contribution in [0.3, 0.4) is 0 Å². The second kappa shape index (κ2) is 7.97. The van der Waals surface area contributed by atoms with E-state index >= 15 is 0 Å². The van der Waals surface area contributed by atoms with E-state index in [9.17, 15) is 14.0 Å². The Bertz CT molecular complexity index is 1130. The van der Waals surface area contributed by atoms with Crippen molar-refractivity contribution in [2.75, 3.05) is 5.32 Å². The first-order chi connectivity index (χ1) is 14.7. The van der Waals surface area contributed by atoms with Crippen LogP contribution in [0.4, 0.5) is 10.1 Å². The maximum absolute atomic E-state index is 14.2. The molecule has 0 radical (unpaired) electrons. The molecule has 0 spiro atoms. The van der Waals surface area contributed by atoms with Crippen LogP contribution in [0.2, 0.25) is 5.02 Å². The van der Waals surface area contributed by atoms with E-state index in [1.54, 1.807) is 24.3 Å². The smallest absolute Gasteiger partial charge is 0.254 e. The second-order valence-corrected chi connectivity index (χ2v) is 9.35. The number of carbonyl (C=O) groups excluding carboxylic acids is 2. The normalized spacial score (nSPS) is 20.3. The molecule has 2 aromatic rings. The lowest BCUT2D eigenvalue weighted by atomic mass is 9.68. The second-order valence-electron chi connectivity index (χ2n) is 8.92. The molecule has 160 valence electrons. The number of carbonyl (C=O) groups is 2. The Labute approximate surface area is 186 Å². The van der Waals surface area contributed by atoms with Gasteiger partial charge < -0.3 is 10.6 Å². The van der Waals surface area contributed by atoms with E-state index in [2.05, 4.69) is 24.5 Å². The van der Waals surface area contributed by atoms with Gasteiger partial charge in [0, 0.05) is 39.9 Å². The minimum atomic E-state index is -0.552. The molecule has 1 heterocycles. The van der Waals surface area contributed by atoms with E-state index in [1.165, 1.54) is 12.1 Å². The van der Waals surface area contributed by atoms with Gasteiger partial charge in [-0.05, 0) is 48.6 Å². The number of Topliss-reactive ketones (excluding diaryl/α,β-unsaturated/α-hetero) is 1. The minimum absolute atomic E-state index is 0.0161. The standard InChI is InChI=1S/C25H24ClFN2O2/c1-14-21(24(31)29-18-7-5-4-6-17(18)27)22(15-8-10-16(26)11-9-15)23-19(28-14)12-25(2,3)13-20(23)30/h4-11,22,28H,12-13H2,1-3H3,(H,29,31)/t22-/m0/s1. The van der Waals surface area contributed by atoms with Crippen LogP contribution < -0.4 is 10.6 Å². The highest BCUT2D eigenvalue weighted by molar-refractivity contribution is 6.30. The highest BCUT2D eigenvalue weighted by Gasteiger charge is 2.42. The minimum Gasteiger partial charge on any atom is -0.362 e. The largest absolute Gasteiger partial charge is 0.362 e. The number of benzene rings is 2. The van der Waals surface area contributed by atoms with Crippen molar-refractivity contribution in [3.8, 4) is 0 Å². The quantitative estimate of drug-likeness (QED) is 0.644. The summed E-state index contributed by atoms with van der Waals surface area (Å²) < 4.78 is 14.2. The van der Waals surface area contributed by atoms with Crippen molar-refractivity contribution in [1.82, 2.24) is 5.32 Å². The van der Waals surface area contributed by atoms with Gasteiger partial charge in [0.2, 0.25) is 0 Å². The SMILES string of the molecule is CC1=C(C(=O)Nc2ccccc2F)[C@H](c2ccc(Cl)cc2)C2=C(CC(C)(C)CC2=O)N1. The van der Waals surface area contributed by atoms with Crippen LogP contribution in [-0.4, -0.2) is 11.7 Å². The van der Waals surface area contributed by atoms with E-state index in [1.807, 2.05) is 19.1 Å². The van der Waals surface area contributed by atoms with Gasteiger partial charge in [0.25, 0.3) is 5.91 Å². The zero-order valence-electron chi connectivity index (χ0n) is 17.7. The predicted molar refractivity (Wildman–Crippen MR) is 120 cm³/mol. The molecule has 4 rings (SSSR count). The van der Waals surface area contributed by atoms with Crippen LogP contribution in [0.1, 0.15) is 45.1 Å². The number of halogens is 2. The maximum atomic E-state index is 14.2. The molecule has 0 bridgehead atoms. The molecule has 2 aromatic carbocycles. The van der Waals surface area contributed by atoms with Crippen LogP contribution in [0.15, 0.2) is 71.1 Å². The van der Waals surface area contributed by atoms with Crippen LogP contribution in [-0.2, 0) is 9.59 Å². The van der Waals surface area contributed by atoms with Crippen LogP contribution in [0, 0.1) is 11.2 Å². The van der Waals surface area contributed by atoms with Gasteiger partial charge in [-0.15, -0.1) is 0 Å². The Morgan fingerprint density at radius 3 is 2.48 bits per heavy atom. The van der Waals surface area contributed by atoms with Crippen molar-refractivity contribution in [1.29, 1.82) is 0 Å². The molecule has 1 atom stereocenters. The number of amides is 1.